The van der Waals surface area contributed by atoms with Gasteiger partial charge in [0.05, 0.1) is 17.1 Å². The Balaban J connectivity index is 1.19. The smallest absolute Gasteiger partial charge is 0.177 e. The van der Waals surface area contributed by atoms with Crippen LogP contribution >= 0.6 is 0 Å². The summed E-state index contributed by atoms with van der Waals surface area (Å²) in [5.41, 5.74) is 47.0. The van der Waals surface area contributed by atoms with E-state index in [1.54, 1.807) is 0 Å². The molecule has 0 aromatic heterocycles. The van der Waals surface area contributed by atoms with Crippen LogP contribution < -0.4 is 48.6 Å². The molecule has 4 aromatic carbocycles. The largest absolute Gasteiger partial charge is 0.454 e. The Morgan fingerprint density at radius 2 is 0.556 bits per heavy atom. The third-order valence-corrected chi connectivity index (χ3v) is 18.8. The standard InChI is InChI=1S/C54H66N6O3/c55-37-1-4-43(40(58)16-37)61-49-46(52-19-28-7-29(20-52)9-30(8-28)21-52)47(53-22-31-10-32(23-53)12-33(11-31)24-53)50(62-44-5-2-38(56)17-41(44)59)51(63-45-6-3-39(57)18-42(45)60)48(49)54-25-34-13-35(26-54)15-36(14-34)27-54/h1-6,16-18,28-36H,7-15,19-27,55-60H2. The molecule has 63 heavy (non-hydrogen) atoms. The molecule has 0 heterocycles. The Morgan fingerprint density at radius 3 is 0.841 bits per heavy atom. The van der Waals surface area contributed by atoms with Gasteiger partial charge >= 0.3 is 0 Å². The van der Waals surface area contributed by atoms with Gasteiger partial charge in [0.2, 0.25) is 0 Å². The Morgan fingerprint density at radius 1 is 0.317 bits per heavy atom. The number of nitrogens with two attached hydrogens (primary N) is 6. The number of hydrogen-bond donors (Lipinski definition) is 6. The van der Waals surface area contributed by atoms with E-state index >= 15 is 0 Å². The molecular weight excluding hydrogens is 781 g/mol. The number of hydrogen-bond acceptors (Lipinski definition) is 9. The molecule has 330 valence electrons. The normalized spacial score (nSPS) is 37.4. The van der Waals surface area contributed by atoms with Crippen LogP contribution in [0.3, 0.4) is 0 Å². The van der Waals surface area contributed by atoms with E-state index < -0.39 is 0 Å². The van der Waals surface area contributed by atoms with Crippen molar-refractivity contribution in [2.45, 2.75) is 132 Å². The minimum atomic E-state index is -0.202. The average molecular weight is 847 g/mol. The lowest BCUT2D eigenvalue weighted by Gasteiger charge is -2.62. The Bertz CT molecular complexity index is 2440. The molecule has 4 aromatic rings. The molecule has 0 amide bonds. The van der Waals surface area contributed by atoms with Gasteiger partial charge < -0.3 is 48.6 Å². The number of anilines is 6. The van der Waals surface area contributed by atoms with Crippen molar-refractivity contribution in [3.05, 3.63) is 71.3 Å². The van der Waals surface area contributed by atoms with E-state index in [2.05, 4.69) is 0 Å². The van der Waals surface area contributed by atoms with E-state index in [4.69, 9.17) is 48.6 Å². The topological polar surface area (TPSA) is 184 Å². The molecule has 12 aliphatic carbocycles. The number of ether oxygens (including phenoxy) is 3. The van der Waals surface area contributed by atoms with Gasteiger partial charge in [-0.1, -0.05) is 0 Å². The summed E-state index contributed by atoms with van der Waals surface area (Å²) in [6.07, 6.45) is 22.2. The van der Waals surface area contributed by atoms with Crippen LogP contribution in [-0.4, -0.2) is 0 Å². The first-order chi connectivity index (χ1) is 30.4. The molecule has 0 aliphatic heterocycles. The van der Waals surface area contributed by atoms with Crippen LogP contribution in [-0.2, 0) is 16.2 Å². The first kappa shape index (κ1) is 38.5. The first-order valence-corrected chi connectivity index (χ1v) is 24.6. The second-order valence-corrected chi connectivity index (χ2v) is 23.4. The van der Waals surface area contributed by atoms with Crippen LogP contribution in [0, 0.1) is 53.3 Å². The molecule has 0 spiro atoms. The predicted molar refractivity (Wildman–Crippen MR) is 252 cm³/mol. The second-order valence-electron chi connectivity index (χ2n) is 23.4. The molecule has 9 heteroatoms. The SMILES string of the molecule is Nc1ccc(Oc2c(Oc3ccc(N)cc3N)c(C34CC5CC(CC(C5)C3)C4)c(C34CC5CC(CC(C5)C3)C4)c(Oc3ccc(N)cc3N)c2C23CC4CC(CC(C4)C2)C3)c(N)c1. The summed E-state index contributed by atoms with van der Waals surface area (Å²) in [6, 6.07) is 17.1. The molecule has 16 rings (SSSR count). The van der Waals surface area contributed by atoms with E-state index in [1.165, 1.54) is 88.2 Å². The lowest BCUT2D eigenvalue weighted by atomic mass is 9.43. The fourth-order valence-corrected chi connectivity index (χ4v) is 18.0. The van der Waals surface area contributed by atoms with Gasteiger partial charge in [-0.05, 0) is 223 Å². The zero-order valence-electron chi connectivity index (χ0n) is 36.8. The first-order valence-electron chi connectivity index (χ1n) is 24.6. The minimum absolute atomic E-state index is 0.0775. The van der Waals surface area contributed by atoms with Crippen molar-refractivity contribution in [2.24, 2.45) is 53.3 Å². The van der Waals surface area contributed by atoms with E-state index in [1.807, 2.05) is 54.6 Å². The fraction of sp³-hybridized carbons (Fsp3) is 0.556. The molecule has 12 bridgehead atoms. The van der Waals surface area contributed by atoms with Crippen LogP contribution in [0.2, 0.25) is 0 Å². The summed E-state index contributed by atoms with van der Waals surface area (Å²) in [5, 5.41) is 0. The van der Waals surface area contributed by atoms with Crippen LogP contribution in [0.25, 0.3) is 0 Å². The van der Waals surface area contributed by atoms with E-state index in [0.29, 0.717) is 105 Å². The van der Waals surface area contributed by atoms with Crippen molar-refractivity contribution in [3.63, 3.8) is 0 Å². The average Bonchev–Trinajstić information content (AvgIpc) is 3.20. The third-order valence-electron chi connectivity index (χ3n) is 18.8. The second kappa shape index (κ2) is 13.6. The molecule has 0 radical (unpaired) electrons. The molecule has 12 saturated carbocycles. The van der Waals surface area contributed by atoms with E-state index in [0.717, 1.165) is 61.3 Å². The third kappa shape index (κ3) is 6.06. The highest BCUT2D eigenvalue weighted by molar-refractivity contribution is 5.75. The lowest BCUT2D eigenvalue weighted by molar-refractivity contribution is -0.0205. The van der Waals surface area contributed by atoms with E-state index in [9.17, 15) is 0 Å². The van der Waals surface area contributed by atoms with E-state index in [-0.39, 0.29) is 16.2 Å². The van der Waals surface area contributed by atoms with Gasteiger partial charge in [0.1, 0.15) is 11.5 Å². The van der Waals surface area contributed by atoms with Crippen LogP contribution in [0.15, 0.2) is 54.6 Å². The maximum Gasteiger partial charge on any atom is 0.177 e. The molecule has 0 saturated heterocycles. The highest BCUT2D eigenvalue weighted by atomic mass is 16.5. The van der Waals surface area contributed by atoms with Gasteiger partial charge in [-0.15, -0.1) is 0 Å². The predicted octanol–water partition coefficient (Wildman–Crippen LogP) is 12.0. The van der Waals surface area contributed by atoms with Gasteiger partial charge in [-0.3, -0.25) is 0 Å². The Kier molecular flexibility index (Phi) is 8.29. The molecule has 0 atom stereocenters. The zero-order valence-corrected chi connectivity index (χ0v) is 36.8. The van der Waals surface area contributed by atoms with Gasteiger partial charge in [0, 0.05) is 50.0 Å². The Hall–Kier alpha value is -4.92. The number of nitrogen functional groups attached to an aromatic ring is 6. The summed E-state index contributed by atoms with van der Waals surface area (Å²) in [4.78, 5) is 0. The van der Waals surface area contributed by atoms with Gasteiger partial charge in [0.15, 0.2) is 23.0 Å². The Labute approximate surface area is 372 Å². The zero-order chi connectivity index (χ0) is 42.6. The molecule has 12 aliphatic rings. The van der Waals surface area contributed by atoms with Crippen LogP contribution in [0.4, 0.5) is 34.1 Å². The van der Waals surface area contributed by atoms with Crippen LogP contribution in [0.1, 0.15) is 132 Å². The van der Waals surface area contributed by atoms with Crippen molar-refractivity contribution in [1.82, 2.24) is 0 Å². The summed E-state index contributed by atoms with van der Waals surface area (Å²) in [6.45, 7) is 0. The summed E-state index contributed by atoms with van der Waals surface area (Å²) < 4.78 is 23.3. The maximum atomic E-state index is 7.87. The minimum Gasteiger partial charge on any atom is -0.454 e. The number of rotatable bonds is 9. The van der Waals surface area contributed by atoms with Crippen LogP contribution in [0.5, 0.6) is 34.5 Å². The van der Waals surface area contributed by atoms with Crippen molar-refractivity contribution in [2.75, 3.05) is 34.4 Å². The molecule has 12 N–H and O–H groups in total. The summed E-state index contributed by atoms with van der Waals surface area (Å²) in [5.74, 6) is 10.6. The molecular formula is C54H66N6O3. The highest BCUT2D eigenvalue weighted by Crippen LogP contribution is 2.73. The monoisotopic (exact) mass is 847 g/mol. The van der Waals surface area contributed by atoms with Crippen molar-refractivity contribution in [3.8, 4) is 34.5 Å². The fourth-order valence-electron chi connectivity index (χ4n) is 18.0. The quantitative estimate of drug-likeness (QED) is 0.0892. The van der Waals surface area contributed by atoms with Crippen molar-refractivity contribution < 1.29 is 14.2 Å². The summed E-state index contributed by atoms with van der Waals surface area (Å²) >= 11 is 0. The van der Waals surface area contributed by atoms with Gasteiger partial charge in [-0.2, -0.15) is 0 Å². The number of benzene rings is 4. The van der Waals surface area contributed by atoms with Crippen molar-refractivity contribution >= 4 is 34.1 Å². The molecule has 0 unspecified atom stereocenters. The lowest BCUT2D eigenvalue weighted by Crippen LogP contribution is -2.53. The van der Waals surface area contributed by atoms with Gasteiger partial charge in [-0.25, -0.2) is 0 Å². The molecule has 12 fully saturated rings. The molecule has 9 nitrogen and oxygen atoms in total. The van der Waals surface area contributed by atoms with Gasteiger partial charge in [0.25, 0.3) is 0 Å². The summed E-state index contributed by atoms with van der Waals surface area (Å²) in [7, 11) is 0. The maximum absolute atomic E-state index is 7.87. The highest BCUT2D eigenvalue weighted by Gasteiger charge is 2.62. The van der Waals surface area contributed by atoms with Crippen molar-refractivity contribution in [1.29, 1.82) is 0 Å².